The summed E-state index contributed by atoms with van der Waals surface area (Å²) >= 11 is 4.60. The first-order valence-corrected chi connectivity index (χ1v) is 2.89. The van der Waals surface area contributed by atoms with E-state index < -0.39 is 0 Å². The minimum absolute atomic E-state index is 0.873. The third-order valence-corrected chi connectivity index (χ3v) is 0.939. The molecule has 0 radical (unpaired) electrons. The van der Waals surface area contributed by atoms with Crippen molar-refractivity contribution < 1.29 is 0 Å². The maximum absolute atomic E-state index is 4.60. The molecule has 0 aromatic carbocycles. The molecule has 0 atom stereocenters. The van der Waals surface area contributed by atoms with Crippen molar-refractivity contribution >= 4 is 23.3 Å². The monoisotopic (exact) mass is 127 g/mol. The van der Waals surface area contributed by atoms with Crippen molar-refractivity contribution in [2.45, 2.75) is 13.8 Å². The number of aliphatic imine (C=N–C) groups is 1. The van der Waals surface area contributed by atoms with Gasteiger partial charge in [-0.25, -0.2) is 0 Å². The number of hydrogen-bond acceptors (Lipinski definition) is 2. The van der Waals surface area contributed by atoms with Crippen molar-refractivity contribution in [1.29, 1.82) is 0 Å². The van der Waals surface area contributed by atoms with E-state index in [4.69, 9.17) is 0 Å². The van der Waals surface area contributed by atoms with Gasteiger partial charge in [0.05, 0.1) is 0 Å². The van der Waals surface area contributed by atoms with Gasteiger partial charge in [-0.2, -0.15) is 0 Å². The second-order valence-corrected chi connectivity index (χ2v) is 1.61. The standard InChI is InChI=1S/C6H9NS/c1-3-4-7-6(2)5-8/h3-5H,1-2H3/b4-3-,7-6?. The number of nitrogens with zero attached hydrogens (tertiary/aromatic N) is 1. The average molecular weight is 127 g/mol. The summed E-state index contributed by atoms with van der Waals surface area (Å²) in [6, 6.07) is 0. The third-order valence-electron chi connectivity index (χ3n) is 0.598. The second-order valence-electron chi connectivity index (χ2n) is 1.37. The van der Waals surface area contributed by atoms with Gasteiger partial charge in [-0.15, -0.1) is 0 Å². The van der Waals surface area contributed by atoms with Crippen LogP contribution in [0, 0.1) is 0 Å². The van der Waals surface area contributed by atoms with Crippen molar-refractivity contribution in [2.75, 3.05) is 0 Å². The third kappa shape index (κ3) is 3.68. The molecule has 8 heavy (non-hydrogen) atoms. The van der Waals surface area contributed by atoms with Crippen LogP contribution in [0.15, 0.2) is 17.3 Å². The summed E-state index contributed by atoms with van der Waals surface area (Å²) in [5, 5.41) is 1.56. The van der Waals surface area contributed by atoms with Gasteiger partial charge in [-0.3, -0.25) is 4.99 Å². The molecule has 0 unspecified atom stereocenters. The molecule has 2 heteroatoms. The summed E-state index contributed by atoms with van der Waals surface area (Å²) in [6.07, 6.45) is 3.58. The van der Waals surface area contributed by atoms with Gasteiger partial charge in [0.1, 0.15) is 0 Å². The molecule has 0 saturated heterocycles. The fourth-order valence-corrected chi connectivity index (χ4v) is 0.283. The van der Waals surface area contributed by atoms with E-state index >= 15 is 0 Å². The maximum atomic E-state index is 4.60. The quantitative estimate of drug-likeness (QED) is 0.408. The molecule has 0 bridgehead atoms. The fraction of sp³-hybridized carbons (Fsp3) is 0.333. The van der Waals surface area contributed by atoms with Crippen molar-refractivity contribution in [3.8, 4) is 0 Å². The Morgan fingerprint density at radius 1 is 1.62 bits per heavy atom. The Kier molecular flexibility index (Phi) is 4.36. The van der Waals surface area contributed by atoms with Crippen molar-refractivity contribution in [3.05, 3.63) is 12.3 Å². The zero-order valence-corrected chi connectivity index (χ0v) is 5.90. The Balaban J connectivity index is 3.74. The number of allylic oxidation sites excluding steroid dienone is 1. The van der Waals surface area contributed by atoms with E-state index in [9.17, 15) is 0 Å². The van der Waals surface area contributed by atoms with Crippen LogP contribution in [0.4, 0.5) is 0 Å². The van der Waals surface area contributed by atoms with E-state index in [1.807, 2.05) is 19.9 Å². The predicted molar refractivity (Wildman–Crippen MR) is 41.6 cm³/mol. The van der Waals surface area contributed by atoms with Crippen LogP contribution in [-0.4, -0.2) is 11.1 Å². The minimum Gasteiger partial charge on any atom is -0.261 e. The van der Waals surface area contributed by atoms with Crippen molar-refractivity contribution in [3.63, 3.8) is 0 Å². The van der Waals surface area contributed by atoms with Gasteiger partial charge in [-0.1, -0.05) is 18.3 Å². The highest BCUT2D eigenvalue weighted by molar-refractivity contribution is 7.80. The van der Waals surface area contributed by atoms with Gasteiger partial charge in [0, 0.05) is 17.3 Å². The van der Waals surface area contributed by atoms with Crippen LogP contribution in [0.3, 0.4) is 0 Å². The Hall–Kier alpha value is -0.500. The van der Waals surface area contributed by atoms with Gasteiger partial charge in [-0.05, 0) is 13.8 Å². The van der Waals surface area contributed by atoms with E-state index in [1.165, 1.54) is 0 Å². The largest absolute Gasteiger partial charge is 0.261 e. The summed E-state index contributed by atoms with van der Waals surface area (Å²) in [7, 11) is 0. The van der Waals surface area contributed by atoms with E-state index in [-0.39, 0.29) is 0 Å². The molecule has 0 spiro atoms. The maximum Gasteiger partial charge on any atom is 0.0479 e. The van der Waals surface area contributed by atoms with E-state index in [0.29, 0.717) is 0 Å². The summed E-state index contributed by atoms with van der Waals surface area (Å²) in [4.78, 5) is 3.94. The van der Waals surface area contributed by atoms with Crippen LogP contribution in [0.5, 0.6) is 0 Å². The zero-order chi connectivity index (χ0) is 6.41. The lowest BCUT2D eigenvalue weighted by molar-refractivity contribution is 1.52. The topological polar surface area (TPSA) is 12.4 Å². The predicted octanol–water partition coefficient (Wildman–Crippen LogP) is 1.98. The lowest BCUT2D eigenvalue weighted by atomic mass is 10.5. The van der Waals surface area contributed by atoms with E-state index in [2.05, 4.69) is 17.2 Å². The molecule has 0 rings (SSSR count). The molecule has 0 heterocycles. The van der Waals surface area contributed by atoms with Crippen LogP contribution in [-0.2, 0) is 0 Å². The minimum atomic E-state index is 0.873. The Morgan fingerprint density at radius 2 is 2.25 bits per heavy atom. The van der Waals surface area contributed by atoms with E-state index in [0.717, 1.165) is 5.71 Å². The lowest BCUT2D eigenvalue weighted by Gasteiger charge is -1.79. The molecule has 0 aliphatic heterocycles. The Morgan fingerprint density at radius 3 is 2.62 bits per heavy atom. The number of hydrogen-bond donors (Lipinski definition) is 0. The Labute approximate surface area is 55.1 Å². The SMILES string of the molecule is C/C=C\N=C(C)C=S. The van der Waals surface area contributed by atoms with Crippen LogP contribution < -0.4 is 0 Å². The molecular weight excluding hydrogens is 118 g/mol. The highest BCUT2D eigenvalue weighted by Crippen LogP contribution is 1.76. The fourth-order valence-electron chi connectivity index (χ4n) is 0.223. The van der Waals surface area contributed by atoms with E-state index in [1.54, 1.807) is 11.6 Å². The first-order valence-electron chi connectivity index (χ1n) is 2.42. The molecule has 0 fully saturated rings. The molecule has 0 saturated carbocycles. The molecule has 0 aliphatic rings. The van der Waals surface area contributed by atoms with Gasteiger partial charge in [0.25, 0.3) is 0 Å². The first-order chi connectivity index (χ1) is 3.81. The highest BCUT2D eigenvalue weighted by atomic mass is 32.1. The van der Waals surface area contributed by atoms with Crippen molar-refractivity contribution in [1.82, 2.24) is 0 Å². The van der Waals surface area contributed by atoms with Crippen molar-refractivity contribution in [2.24, 2.45) is 4.99 Å². The summed E-state index contributed by atoms with van der Waals surface area (Å²) in [6.45, 7) is 3.78. The van der Waals surface area contributed by atoms with Crippen LogP contribution in [0.1, 0.15) is 13.8 Å². The molecule has 0 aliphatic carbocycles. The van der Waals surface area contributed by atoms with Gasteiger partial charge < -0.3 is 0 Å². The van der Waals surface area contributed by atoms with Crippen LogP contribution >= 0.6 is 12.2 Å². The molecule has 0 N–H and O–H groups in total. The summed E-state index contributed by atoms with van der Waals surface area (Å²) in [5.74, 6) is 0. The second kappa shape index (κ2) is 4.65. The first kappa shape index (κ1) is 7.50. The van der Waals surface area contributed by atoms with Crippen LogP contribution in [0.2, 0.25) is 0 Å². The van der Waals surface area contributed by atoms with Gasteiger partial charge in [0.15, 0.2) is 0 Å². The Bertz CT molecular complexity index is 124. The summed E-state index contributed by atoms with van der Waals surface area (Å²) in [5.41, 5.74) is 0.873. The molecule has 0 amide bonds. The smallest absolute Gasteiger partial charge is 0.0479 e. The molecular formula is C6H9NS. The number of rotatable bonds is 2. The summed E-state index contributed by atoms with van der Waals surface area (Å²) < 4.78 is 0. The molecule has 0 aromatic heterocycles. The average Bonchev–Trinajstić information content (AvgIpc) is 1.83. The normalized spacial score (nSPS) is 12.5. The van der Waals surface area contributed by atoms with Gasteiger partial charge in [0.2, 0.25) is 0 Å². The van der Waals surface area contributed by atoms with Gasteiger partial charge >= 0.3 is 0 Å². The molecule has 0 aromatic rings. The molecule has 44 valence electrons. The zero-order valence-electron chi connectivity index (χ0n) is 5.09. The highest BCUT2D eigenvalue weighted by Gasteiger charge is 1.73. The molecule has 1 nitrogen and oxygen atoms in total. The van der Waals surface area contributed by atoms with Crippen LogP contribution in [0.25, 0.3) is 0 Å². The lowest BCUT2D eigenvalue weighted by Crippen LogP contribution is -1.85. The number of thiocarbonyl (C=S) groups is 1.